The van der Waals surface area contributed by atoms with Gasteiger partial charge in [0, 0.05) is 13.0 Å². The van der Waals surface area contributed by atoms with Gasteiger partial charge in [-0.05, 0) is 53.1 Å². The molecule has 1 aliphatic carbocycles. The highest BCUT2D eigenvalue weighted by Crippen LogP contribution is 2.29. The Balaban J connectivity index is 1.45. The predicted octanol–water partition coefficient (Wildman–Crippen LogP) is 1.51. The lowest BCUT2D eigenvalue weighted by Gasteiger charge is -2.38. The van der Waals surface area contributed by atoms with Crippen LogP contribution in [0.15, 0.2) is 66.7 Å². The molecule has 0 saturated heterocycles. The molecule has 4 rings (SSSR count). The van der Waals surface area contributed by atoms with E-state index in [4.69, 9.17) is 10.8 Å². The maximum absolute atomic E-state index is 13.9. The van der Waals surface area contributed by atoms with Crippen molar-refractivity contribution in [2.24, 2.45) is 5.73 Å². The van der Waals surface area contributed by atoms with Gasteiger partial charge >= 0.3 is 17.8 Å². The zero-order valence-electron chi connectivity index (χ0n) is 28.1. The largest absolute Gasteiger partial charge is 0.481 e. The van der Waals surface area contributed by atoms with Crippen LogP contribution in [0, 0.1) is 0 Å². The summed E-state index contributed by atoms with van der Waals surface area (Å²) in [7, 11) is 0. The number of carbonyl (C=O) groups excluding carboxylic acids is 5. The predicted molar refractivity (Wildman–Crippen MR) is 186 cm³/mol. The molecule has 3 aromatic rings. The fourth-order valence-corrected chi connectivity index (χ4v) is 6.35. The lowest BCUT2D eigenvalue weighted by molar-refractivity contribution is -0.151. The second-order valence-electron chi connectivity index (χ2n) is 12.8. The van der Waals surface area contributed by atoms with Gasteiger partial charge in [-0.15, -0.1) is 0 Å². The van der Waals surface area contributed by atoms with E-state index in [1.807, 2.05) is 42.5 Å². The summed E-state index contributed by atoms with van der Waals surface area (Å²) in [6, 6.07) is 17.5. The quantitative estimate of drug-likeness (QED) is 0.0846. The van der Waals surface area contributed by atoms with Crippen LogP contribution in [0.2, 0.25) is 0 Å². The van der Waals surface area contributed by atoms with Gasteiger partial charge in [-0.2, -0.15) is 0 Å². The molecule has 270 valence electrons. The standard InChI is InChI=1S/C37H43N5O9/c38-30(43)22-29(32(46)39-19-7-11-26-10-6-9-25-8-2-3-12-27(25)26)41-36(51)37(17-4-1-5-18-37)42-33(47)28(40-34(48)35(49)50)20-23-13-15-24(16-14-23)21-31(44)45/h2-3,6,8-10,12-16,28-29H,1,4-5,7,11,17-22H2,(H2,38,43)(H,39,46)(H,40,48)(H,41,51)(H,42,47)(H,44,45)(H,49,50)/t28-,29+/m1/s1. The molecular weight excluding hydrogens is 658 g/mol. The van der Waals surface area contributed by atoms with Crippen LogP contribution in [0.25, 0.3) is 10.8 Å². The lowest BCUT2D eigenvalue weighted by atomic mass is 9.80. The van der Waals surface area contributed by atoms with Crippen molar-refractivity contribution in [1.29, 1.82) is 0 Å². The third-order valence-corrected chi connectivity index (χ3v) is 8.97. The van der Waals surface area contributed by atoms with Gasteiger partial charge in [-0.1, -0.05) is 86.0 Å². The zero-order valence-corrected chi connectivity index (χ0v) is 28.1. The number of carboxylic acid groups (broad SMARTS) is 2. The van der Waals surface area contributed by atoms with Crippen LogP contribution in [-0.4, -0.2) is 75.9 Å². The second-order valence-corrected chi connectivity index (χ2v) is 12.8. The van der Waals surface area contributed by atoms with Crippen molar-refractivity contribution in [1.82, 2.24) is 21.3 Å². The molecule has 8 N–H and O–H groups in total. The van der Waals surface area contributed by atoms with E-state index in [0.29, 0.717) is 36.8 Å². The Kier molecular flexibility index (Phi) is 13.2. The van der Waals surface area contributed by atoms with E-state index in [0.717, 1.165) is 22.8 Å². The smallest absolute Gasteiger partial charge is 0.394 e. The molecule has 1 saturated carbocycles. The number of nitrogens with two attached hydrogens (primary N) is 1. The SMILES string of the molecule is NC(=O)C[C@H](NC(=O)C1(NC(=O)[C@@H](Cc2ccc(CC(=O)O)cc2)NC(=O)C(=O)O)CCCCC1)C(=O)NCCCc1cccc2ccccc12. The normalized spacial score (nSPS) is 14.7. The number of fused-ring (bicyclic) bond motifs is 1. The van der Waals surface area contributed by atoms with Crippen molar-refractivity contribution < 1.29 is 43.8 Å². The van der Waals surface area contributed by atoms with Crippen molar-refractivity contribution in [3.05, 3.63) is 83.4 Å². The Bertz CT molecular complexity index is 1760. The van der Waals surface area contributed by atoms with Gasteiger partial charge in [0.15, 0.2) is 0 Å². The molecular formula is C37H43N5O9. The number of hydrogen-bond acceptors (Lipinski definition) is 7. The maximum atomic E-state index is 13.9. The molecule has 51 heavy (non-hydrogen) atoms. The van der Waals surface area contributed by atoms with E-state index in [9.17, 15) is 38.7 Å². The number of carboxylic acids is 2. The van der Waals surface area contributed by atoms with Crippen LogP contribution in [0.3, 0.4) is 0 Å². The molecule has 0 radical (unpaired) electrons. The molecule has 1 fully saturated rings. The molecule has 0 bridgehead atoms. The minimum Gasteiger partial charge on any atom is -0.481 e. The van der Waals surface area contributed by atoms with Gasteiger partial charge in [0.05, 0.1) is 12.8 Å². The van der Waals surface area contributed by atoms with Gasteiger partial charge in [-0.3, -0.25) is 28.8 Å². The summed E-state index contributed by atoms with van der Waals surface area (Å²) in [4.78, 5) is 87.5. The van der Waals surface area contributed by atoms with Crippen molar-refractivity contribution >= 4 is 52.2 Å². The first-order chi connectivity index (χ1) is 24.4. The molecule has 1 aliphatic rings. The van der Waals surface area contributed by atoms with E-state index >= 15 is 0 Å². The van der Waals surface area contributed by atoms with Gasteiger partial charge in [-0.25, -0.2) is 4.79 Å². The third-order valence-electron chi connectivity index (χ3n) is 8.97. The number of rotatable bonds is 16. The Morgan fingerprint density at radius 3 is 2.10 bits per heavy atom. The van der Waals surface area contributed by atoms with Crippen LogP contribution < -0.4 is 27.0 Å². The number of nitrogens with one attached hydrogen (secondary N) is 4. The van der Waals surface area contributed by atoms with Crippen LogP contribution in [0.5, 0.6) is 0 Å². The highest BCUT2D eigenvalue weighted by atomic mass is 16.4. The number of hydrogen-bond donors (Lipinski definition) is 7. The second kappa shape index (κ2) is 17.7. The topological polar surface area (TPSA) is 234 Å². The number of aliphatic carboxylic acids is 2. The summed E-state index contributed by atoms with van der Waals surface area (Å²) in [5, 5.41) is 30.8. The Hall–Kier alpha value is -5.79. The molecule has 0 aromatic heterocycles. The van der Waals surface area contributed by atoms with Crippen molar-refractivity contribution in [3.63, 3.8) is 0 Å². The van der Waals surface area contributed by atoms with E-state index in [1.165, 1.54) is 0 Å². The minimum atomic E-state index is -1.81. The van der Waals surface area contributed by atoms with Gasteiger partial charge < -0.3 is 37.2 Å². The van der Waals surface area contributed by atoms with Crippen LogP contribution >= 0.6 is 0 Å². The fraction of sp³-hybridized carbons (Fsp3) is 0.378. The van der Waals surface area contributed by atoms with E-state index in [-0.39, 0.29) is 32.2 Å². The summed E-state index contributed by atoms with van der Waals surface area (Å²) < 4.78 is 0. The summed E-state index contributed by atoms with van der Waals surface area (Å²) in [6.07, 6.45) is 2.62. The summed E-state index contributed by atoms with van der Waals surface area (Å²) in [6.45, 7) is 0.261. The molecule has 2 atom stereocenters. The Labute approximate surface area is 294 Å². The van der Waals surface area contributed by atoms with Gasteiger partial charge in [0.2, 0.25) is 23.6 Å². The van der Waals surface area contributed by atoms with E-state index in [2.05, 4.69) is 21.3 Å². The molecule has 0 aliphatic heterocycles. The first-order valence-corrected chi connectivity index (χ1v) is 16.9. The summed E-state index contributed by atoms with van der Waals surface area (Å²) in [5.41, 5.74) is 6.03. The molecule has 0 unspecified atom stereocenters. The molecule has 0 heterocycles. The highest BCUT2D eigenvalue weighted by Gasteiger charge is 2.43. The molecule has 5 amide bonds. The van der Waals surface area contributed by atoms with E-state index in [1.54, 1.807) is 24.3 Å². The number of primary amides is 1. The minimum absolute atomic E-state index is 0.165. The van der Waals surface area contributed by atoms with Crippen molar-refractivity contribution in [2.45, 2.75) is 81.8 Å². The lowest BCUT2D eigenvalue weighted by Crippen LogP contribution is -2.65. The van der Waals surface area contributed by atoms with Crippen LogP contribution in [0.1, 0.15) is 61.6 Å². The monoisotopic (exact) mass is 701 g/mol. The number of carbonyl (C=O) groups is 7. The van der Waals surface area contributed by atoms with Crippen LogP contribution in [0.4, 0.5) is 0 Å². The number of amides is 5. The first kappa shape index (κ1) is 38.0. The highest BCUT2D eigenvalue weighted by molar-refractivity contribution is 6.32. The third kappa shape index (κ3) is 10.8. The average Bonchev–Trinajstić information content (AvgIpc) is 3.10. The molecule has 14 nitrogen and oxygen atoms in total. The first-order valence-electron chi connectivity index (χ1n) is 16.9. The van der Waals surface area contributed by atoms with Crippen molar-refractivity contribution in [2.75, 3.05) is 6.54 Å². The Morgan fingerprint density at radius 2 is 1.43 bits per heavy atom. The molecule has 3 aromatic carbocycles. The summed E-state index contributed by atoms with van der Waals surface area (Å²) in [5.74, 6) is -7.26. The fourth-order valence-electron chi connectivity index (χ4n) is 6.35. The number of aryl methyl sites for hydroxylation is 1. The van der Waals surface area contributed by atoms with Crippen molar-refractivity contribution in [3.8, 4) is 0 Å². The molecule has 14 heteroatoms. The maximum Gasteiger partial charge on any atom is 0.394 e. The Morgan fingerprint density at radius 1 is 0.765 bits per heavy atom. The average molecular weight is 702 g/mol. The molecule has 0 spiro atoms. The summed E-state index contributed by atoms with van der Waals surface area (Å²) >= 11 is 0. The van der Waals surface area contributed by atoms with E-state index < -0.39 is 65.5 Å². The number of benzene rings is 3. The van der Waals surface area contributed by atoms with Gasteiger partial charge in [0.25, 0.3) is 0 Å². The van der Waals surface area contributed by atoms with Gasteiger partial charge in [0.1, 0.15) is 17.6 Å². The van der Waals surface area contributed by atoms with Crippen LogP contribution in [-0.2, 0) is 52.8 Å². The zero-order chi connectivity index (χ0) is 37.0.